The van der Waals surface area contributed by atoms with E-state index in [0.717, 1.165) is 17.5 Å². The van der Waals surface area contributed by atoms with Crippen molar-refractivity contribution in [1.29, 1.82) is 0 Å². The fraction of sp³-hybridized carbons (Fsp3) is 0.400. The molecule has 0 saturated carbocycles. The smallest absolute Gasteiger partial charge is 0.255 e. The van der Waals surface area contributed by atoms with Crippen LogP contribution in [0, 0.1) is 6.92 Å². The van der Waals surface area contributed by atoms with Gasteiger partial charge in [0.1, 0.15) is 0 Å². The summed E-state index contributed by atoms with van der Waals surface area (Å²) in [5, 5.41) is 0. The van der Waals surface area contributed by atoms with Gasteiger partial charge in [-0.05, 0) is 25.0 Å². The van der Waals surface area contributed by atoms with Crippen LogP contribution < -0.4 is 0 Å². The van der Waals surface area contributed by atoms with Gasteiger partial charge in [-0.15, -0.1) is 0 Å². The molecule has 5 heteroatoms. The Bertz CT molecular complexity index is 747. The number of nitrogens with zero attached hydrogens (tertiary/aromatic N) is 2. The Morgan fingerprint density at radius 1 is 1.24 bits per heavy atom. The van der Waals surface area contributed by atoms with Gasteiger partial charge in [-0.1, -0.05) is 29.8 Å². The first-order chi connectivity index (χ1) is 12.1. The quantitative estimate of drug-likeness (QED) is 0.840. The Kier molecular flexibility index (Phi) is 5.46. The Labute approximate surface area is 148 Å². The molecule has 132 valence electrons. The summed E-state index contributed by atoms with van der Waals surface area (Å²) in [4.78, 5) is 19.1. The van der Waals surface area contributed by atoms with Crippen LogP contribution in [0.1, 0.15) is 22.3 Å². The molecule has 0 spiro atoms. The van der Waals surface area contributed by atoms with Crippen LogP contribution in [0.4, 0.5) is 0 Å². The van der Waals surface area contributed by atoms with Crippen LogP contribution in [0.15, 0.2) is 42.7 Å². The van der Waals surface area contributed by atoms with Crippen molar-refractivity contribution in [3.05, 3.63) is 53.9 Å². The van der Waals surface area contributed by atoms with Crippen LogP contribution in [-0.4, -0.2) is 55.3 Å². The summed E-state index contributed by atoms with van der Waals surface area (Å²) in [5.41, 5.74) is 3.78. The molecule has 1 aliphatic rings. The third-order valence-corrected chi connectivity index (χ3v) is 4.67. The minimum atomic E-state index is -0.0244. The SMILES string of the molecule is COC[C@@H]1C[C@@H](OC)CN1C(=O)c1cncc(-c2cccc(C)c2)c1. The van der Waals surface area contributed by atoms with Gasteiger partial charge in [0.05, 0.1) is 24.3 Å². The zero-order valence-electron chi connectivity index (χ0n) is 14.9. The second kappa shape index (κ2) is 7.76. The highest BCUT2D eigenvalue weighted by Crippen LogP contribution is 2.25. The minimum Gasteiger partial charge on any atom is -0.383 e. The second-order valence-electron chi connectivity index (χ2n) is 6.49. The molecule has 2 heterocycles. The number of hydrogen-bond donors (Lipinski definition) is 0. The molecule has 2 aromatic rings. The van der Waals surface area contributed by atoms with Crippen LogP contribution in [0.5, 0.6) is 0 Å². The second-order valence-corrected chi connectivity index (χ2v) is 6.49. The van der Waals surface area contributed by atoms with Crippen molar-refractivity contribution >= 4 is 5.91 Å². The van der Waals surface area contributed by atoms with Crippen molar-refractivity contribution in [2.75, 3.05) is 27.4 Å². The van der Waals surface area contributed by atoms with Crippen LogP contribution in [-0.2, 0) is 9.47 Å². The number of hydrogen-bond acceptors (Lipinski definition) is 4. The molecule has 0 unspecified atom stereocenters. The third kappa shape index (κ3) is 3.89. The molecule has 0 bridgehead atoms. The molecule has 3 rings (SSSR count). The van der Waals surface area contributed by atoms with Crippen LogP contribution in [0.25, 0.3) is 11.1 Å². The standard InChI is InChI=1S/C20H24N2O3/c1-14-5-4-6-15(7-14)16-8-17(11-21-10-16)20(23)22-12-19(25-3)9-18(22)13-24-2/h4-8,10-11,18-19H,9,12-13H2,1-3H3/t18-,19+/m0/s1. The molecule has 0 N–H and O–H groups in total. The molecule has 5 nitrogen and oxygen atoms in total. The normalized spacial score (nSPS) is 20.0. The average molecular weight is 340 g/mol. The lowest BCUT2D eigenvalue weighted by Crippen LogP contribution is -2.38. The zero-order chi connectivity index (χ0) is 17.8. The summed E-state index contributed by atoms with van der Waals surface area (Å²) in [5.74, 6) is -0.0244. The fourth-order valence-corrected chi connectivity index (χ4v) is 3.35. The zero-order valence-corrected chi connectivity index (χ0v) is 14.9. The van der Waals surface area contributed by atoms with Gasteiger partial charge in [-0.3, -0.25) is 9.78 Å². The summed E-state index contributed by atoms with van der Waals surface area (Å²) < 4.78 is 10.7. The number of carbonyl (C=O) groups is 1. The van der Waals surface area contributed by atoms with E-state index in [1.807, 2.05) is 23.1 Å². The highest BCUT2D eigenvalue weighted by molar-refractivity contribution is 5.95. The summed E-state index contributed by atoms with van der Waals surface area (Å²) in [6.07, 6.45) is 4.27. The van der Waals surface area contributed by atoms with Crippen molar-refractivity contribution < 1.29 is 14.3 Å². The van der Waals surface area contributed by atoms with Gasteiger partial charge in [-0.2, -0.15) is 0 Å². The number of amides is 1. The van der Waals surface area contributed by atoms with E-state index >= 15 is 0 Å². The molecule has 1 saturated heterocycles. The number of benzene rings is 1. The fourth-order valence-electron chi connectivity index (χ4n) is 3.35. The predicted molar refractivity (Wildman–Crippen MR) is 96.5 cm³/mol. The molecule has 1 aliphatic heterocycles. The van der Waals surface area contributed by atoms with Crippen molar-refractivity contribution in [2.45, 2.75) is 25.5 Å². The molecular formula is C20H24N2O3. The van der Waals surface area contributed by atoms with E-state index in [-0.39, 0.29) is 18.1 Å². The minimum absolute atomic E-state index is 0.0244. The molecule has 2 atom stereocenters. The van der Waals surface area contributed by atoms with Crippen LogP contribution >= 0.6 is 0 Å². The monoisotopic (exact) mass is 340 g/mol. The first-order valence-electron chi connectivity index (χ1n) is 8.47. The van der Waals surface area contributed by atoms with Gasteiger partial charge in [0.25, 0.3) is 5.91 Å². The largest absolute Gasteiger partial charge is 0.383 e. The average Bonchev–Trinajstić information content (AvgIpc) is 3.04. The molecular weight excluding hydrogens is 316 g/mol. The maximum absolute atomic E-state index is 13.0. The molecule has 1 aromatic heterocycles. The highest BCUT2D eigenvalue weighted by atomic mass is 16.5. The summed E-state index contributed by atoms with van der Waals surface area (Å²) in [6, 6.07) is 10.1. The highest BCUT2D eigenvalue weighted by Gasteiger charge is 2.35. The number of likely N-dealkylation sites (tertiary alicyclic amines) is 1. The lowest BCUT2D eigenvalue weighted by molar-refractivity contribution is 0.0612. The van der Waals surface area contributed by atoms with Crippen molar-refractivity contribution in [2.24, 2.45) is 0 Å². The molecule has 0 radical (unpaired) electrons. The first kappa shape index (κ1) is 17.6. The van der Waals surface area contributed by atoms with Crippen molar-refractivity contribution in [1.82, 2.24) is 9.88 Å². The number of aryl methyl sites for hydroxylation is 1. The van der Waals surface area contributed by atoms with E-state index < -0.39 is 0 Å². The first-order valence-corrected chi connectivity index (χ1v) is 8.47. The Morgan fingerprint density at radius 3 is 2.80 bits per heavy atom. The summed E-state index contributed by atoms with van der Waals surface area (Å²) >= 11 is 0. The van der Waals surface area contributed by atoms with E-state index in [0.29, 0.717) is 18.7 Å². The molecule has 25 heavy (non-hydrogen) atoms. The van der Waals surface area contributed by atoms with E-state index in [9.17, 15) is 4.79 Å². The van der Waals surface area contributed by atoms with Crippen molar-refractivity contribution in [3.8, 4) is 11.1 Å². The number of ether oxygens (including phenoxy) is 2. The van der Waals surface area contributed by atoms with Gasteiger partial charge in [0.15, 0.2) is 0 Å². The number of aromatic nitrogens is 1. The maximum atomic E-state index is 13.0. The lowest BCUT2D eigenvalue weighted by atomic mass is 10.0. The number of rotatable bonds is 5. The van der Waals surface area contributed by atoms with Gasteiger partial charge < -0.3 is 14.4 Å². The van der Waals surface area contributed by atoms with Gasteiger partial charge >= 0.3 is 0 Å². The summed E-state index contributed by atoms with van der Waals surface area (Å²) in [6.45, 7) is 3.14. The molecule has 1 aromatic carbocycles. The number of methoxy groups -OCH3 is 2. The topological polar surface area (TPSA) is 51.7 Å². The van der Waals surface area contributed by atoms with E-state index in [1.54, 1.807) is 26.6 Å². The maximum Gasteiger partial charge on any atom is 0.255 e. The Hall–Kier alpha value is -2.24. The van der Waals surface area contributed by atoms with Gasteiger partial charge in [0.2, 0.25) is 0 Å². The van der Waals surface area contributed by atoms with Crippen LogP contribution in [0.2, 0.25) is 0 Å². The number of pyridine rings is 1. The predicted octanol–water partition coefficient (Wildman–Crippen LogP) is 2.93. The van der Waals surface area contributed by atoms with Gasteiger partial charge in [-0.25, -0.2) is 0 Å². The number of carbonyl (C=O) groups excluding carboxylic acids is 1. The molecule has 0 aliphatic carbocycles. The van der Waals surface area contributed by atoms with E-state index in [2.05, 4.69) is 24.0 Å². The summed E-state index contributed by atoms with van der Waals surface area (Å²) in [7, 11) is 3.34. The molecule has 1 amide bonds. The third-order valence-electron chi connectivity index (χ3n) is 4.67. The van der Waals surface area contributed by atoms with Crippen LogP contribution in [0.3, 0.4) is 0 Å². The lowest BCUT2D eigenvalue weighted by Gasteiger charge is -2.24. The Balaban J connectivity index is 1.86. The molecule has 1 fully saturated rings. The Morgan fingerprint density at radius 2 is 2.08 bits per heavy atom. The van der Waals surface area contributed by atoms with Gasteiger partial charge in [0, 0.05) is 38.7 Å². The van der Waals surface area contributed by atoms with Crippen molar-refractivity contribution in [3.63, 3.8) is 0 Å². The van der Waals surface area contributed by atoms with E-state index in [4.69, 9.17) is 9.47 Å². The van der Waals surface area contributed by atoms with E-state index in [1.165, 1.54) is 5.56 Å².